The van der Waals surface area contributed by atoms with E-state index in [2.05, 4.69) is 5.32 Å². The molecule has 1 N–H and O–H groups in total. The van der Waals surface area contributed by atoms with E-state index >= 15 is 0 Å². The van der Waals surface area contributed by atoms with E-state index in [-0.39, 0.29) is 17.8 Å². The second-order valence-corrected chi connectivity index (χ2v) is 6.77. The SMILES string of the molecule is Cc1c(C(=O)NC(C)CC2CC2)sc2cccc(F)c12. The van der Waals surface area contributed by atoms with Crippen LogP contribution in [0.4, 0.5) is 4.39 Å². The summed E-state index contributed by atoms with van der Waals surface area (Å²) >= 11 is 1.37. The Hall–Kier alpha value is -1.42. The maximum Gasteiger partial charge on any atom is 0.261 e. The summed E-state index contributed by atoms with van der Waals surface area (Å²) in [6.45, 7) is 3.86. The van der Waals surface area contributed by atoms with Crippen molar-refractivity contribution >= 4 is 27.3 Å². The Balaban J connectivity index is 1.83. The number of nitrogens with one attached hydrogen (secondary N) is 1. The minimum absolute atomic E-state index is 0.0729. The number of fused-ring (bicyclic) bond motifs is 1. The van der Waals surface area contributed by atoms with E-state index in [9.17, 15) is 9.18 Å². The molecule has 0 bridgehead atoms. The first kappa shape index (κ1) is 13.6. The standard InChI is InChI=1S/C16H18FNOS/c1-9(8-11-6-7-11)18-16(19)15-10(2)14-12(17)4-3-5-13(14)20-15/h3-5,9,11H,6-8H2,1-2H3,(H,18,19). The van der Waals surface area contributed by atoms with Crippen LogP contribution in [0.15, 0.2) is 18.2 Å². The Labute approximate surface area is 122 Å². The molecule has 1 aliphatic rings. The lowest BCUT2D eigenvalue weighted by Crippen LogP contribution is -2.32. The number of hydrogen-bond donors (Lipinski definition) is 1. The highest BCUT2D eigenvalue weighted by molar-refractivity contribution is 7.21. The smallest absolute Gasteiger partial charge is 0.261 e. The summed E-state index contributed by atoms with van der Waals surface area (Å²) in [5.74, 6) is 0.462. The van der Waals surface area contributed by atoms with Crippen molar-refractivity contribution in [1.82, 2.24) is 5.32 Å². The van der Waals surface area contributed by atoms with Crippen LogP contribution in [0.5, 0.6) is 0 Å². The number of amides is 1. The normalized spacial score (nSPS) is 16.4. The molecular formula is C16H18FNOS. The number of hydrogen-bond acceptors (Lipinski definition) is 2. The Kier molecular flexibility index (Phi) is 3.50. The summed E-state index contributed by atoms with van der Waals surface area (Å²) in [6, 6.07) is 5.18. The van der Waals surface area contributed by atoms with E-state index in [0.717, 1.165) is 22.6 Å². The number of carbonyl (C=O) groups excluding carboxylic acids is 1. The van der Waals surface area contributed by atoms with Crippen molar-refractivity contribution in [2.24, 2.45) is 5.92 Å². The molecule has 1 aromatic carbocycles. The molecule has 2 nitrogen and oxygen atoms in total. The molecule has 0 spiro atoms. The van der Waals surface area contributed by atoms with Gasteiger partial charge in [0.05, 0.1) is 4.88 Å². The molecule has 1 fully saturated rings. The van der Waals surface area contributed by atoms with Gasteiger partial charge in [-0.1, -0.05) is 18.9 Å². The highest BCUT2D eigenvalue weighted by atomic mass is 32.1. The number of aryl methyl sites for hydroxylation is 1. The van der Waals surface area contributed by atoms with E-state index in [0.29, 0.717) is 10.3 Å². The fourth-order valence-electron chi connectivity index (χ4n) is 2.67. The molecule has 20 heavy (non-hydrogen) atoms. The number of carbonyl (C=O) groups is 1. The van der Waals surface area contributed by atoms with Crippen LogP contribution in [0.1, 0.15) is 41.4 Å². The van der Waals surface area contributed by atoms with Gasteiger partial charge in [-0.25, -0.2) is 4.39 Å². The van der Waals surface area contributed by atoms with Gasteiger partial charge in [-0.2, -0.15) is 0 Å². The number of rotatable bonds is 4. The molecule has 0 radical (unpaired) electrons. The van der Waals surface area contributed by atoms with Gasteiger partial charge in [0.15, 0.2) is 0 Å². The molecule has 1 heterocycles. The van der Waals surface area contributed by atoms with Crippen LogP contribution >= 0.6 is 11.3 Å². The first-order valence-corrected chi connectivity index (χ1v) is 7.86. The van der Waals surface area contributed by atoms with E-state index < -0.39 is 0 Å². The van der Waals surface area contributed by atoms with Gasteiger partial charge in [-0.05, 0) is 43.9 Å². The molecule has 106 valence electrons. The Morgan fingerprint density at radius 2 is 2.25 bits per heavy atom. The van der Waals surface area contributed by atoms with Crippen LogP contribution in [-0.2, 0) is 0 Å². The van der Waals surface area contributed by atoms with Crippen LogP contribution in [0.25, 0.3) is 10.1 Å². The minimum atomic E-state index is -0.249. The summed E-state index contributed by atoms with van der Waals surface area (Å²) in [6.07, 6.45) is 3.62. The topological polar surface area (TPSA) is 29.1 Å². The van der Waals surface area contributed by atoms with Gasteiger partial charge in [-0.3, -0.25) is 4.79 Å². The zero-order chi connectivity index (χ0) is 14.3. The number of benzene rings is 1. The Morgan fingerprint density at radius 1 is 1.50 bits per heavy atom. The van der Waals surface area contributed by atoms with Crippen molar-refractivity contribution in [1.29, 1.82) is 0 Å². The first-order chi connectivity index (χ1) is 9.56. The molecule has 1 amide bonds. The highest BCUT2D eigenvalue weighted by Crippen LogP contribution is 2.34. The molecule has 1 aliphatic carbocycles. The van der Waals surface area contributed by atoms with Gasteiger partial charge in [0.25, 0.3) is 5.91 Å². The second-order valence-electron chi connectivity index (χ2n) is 5.72. The number of thiophene rings is 1. The zero-order valence-electron chi connectivity index (χ0n) is 11.7. The van der Waals surface area contributed by atoms with Crippen molar-refractivity contribution in [3.8, 4) is 0 Å². The zero-order valence-corrected chi connectivity index (χ0v) is 12.5. The van der Waals surface area contributed by atoms with E-state index in [1.54, 1.807) is 6.07 Å². The number of halogens is 1. The van der Waals surface area contributed by atoms with Crippen molar-refractivity contribution in [2.45, 2.75) is 39.2 Å². The summed E-state index contributed by atoms with van der Waals surface area (Å²) < 4.78 is 14.7. The van der Waals surface area contributed by atoms with Crippen LogP contribution < -0.4 is 5.32 Å². The lowest BCUT2D eigenvalue weighted by Gasteiger charge is -2.12. The molecular weight excluding hydrogens is 273 g/mol. The van der Waals surface area contributed by atoms with Crippen LogP contribution in [0, 0.1) is 18.7 Å². The third-order valence-corrected chi connectivity index (χ3v) is 5.13. The summed E-state index contributed by atoms with van der Waals surface area (Å²) in [4.78, 5) is 13.0. The molecule has 4 heteroatoms. The van der Waals surface area contributed by atoms with E-state index in [1.165, 1.54) is 30.2 Å². The largest absolute Gasteiger partial charge is 0.349 e. The summed E-state index contributed by atoms with van der Waals surface area (Å²) in [7, 11) is 0. The summed E-state index contributed by atoms with van der Waals surface area (Å²) in [5.41, 5.74) is 0.749. The quantitative estimate of drug-likeness (QED) is 0.895. The molecule has 2 aromatic rings. The molecule has 1 aromatic heterocycles. The lowest BCUT2D eigenvalue weighted by atomic mass is 10.1. The summed E-state index contributed by atoms with van der Waals surface area (Å²) in [5, 5.41) is 3.62. The van der Waals surface area contributed by atoms with E-state index in [1.807, 2.05) is 19.9 Å². The maximum atomic E-state index is 13.8. The fourth-order valence-corrected chi connectivity index (χ4v) is 3.80. The van der Waals surface area contributed by atoms with Gasteiger partial charge in [0.2, 0.25) is 0 Å². The average Bonchev–Trinajstić information content (AvgIpc) is 3.12. The predicted molar refractivity (Wildman–Crippen MR) is 80.8 cm³/mol. The van der Waals surface area contributed by atoms with Gasteiger partial charge < -0.3 is 5.32 Å². The molecule has 3 rings (SSSR count). The Bertz CT molecular complexity index is 660. The molecule has 0 aliphatic heterocycles. The van der Waals surface area contributed by atoms with Crippen molar-refractivity contribution in [3.05, 3.63) is 34.5 Å². The van der Waals surface area contributed by atoms with Crippen LogP contribution in [0.2, 0.25) is 0 Å². The average molecular weight is 291 g/mol. The molecule has 1 atom stereocenters. The lowest BCUT2D eigenvalue weighted by molar-refractivity contribution is 0.0941. The third-order valence-electron chi connectivity index (χ3n) is 3.87. The third kappa shape index (κ3) is 2.57. The predicted octanol–water partition coefficient (Wildman–Crippen LogP) is 4.27. The van der Waals surface area contributed by atoms with Gasteiger partial charge in [-0.15, -0.1) is 11.3 Å². The maximum absolute atomic E-state index is 13.8. The van der Waals surface area contributed by atoms with Gasteiger partial charge in [0.1, 0.15) is 5.82 Å². The highest BCUT2D eigenvalue weighted by Gasteiger charge is 2.25. The monoisotopic (exact) mass is 291 g/mol. The molecule has 1 unspecified atom stereocenters. The van der Waals surface area contributed by atoms with Crippen molar-refractivity contribution in [3.63, 3.8) is 0 Å². The van der Waals surface area contributed by atoms with Crippen LogP contribution in [-0.4, -0.2) is 11.9 Å². The molecule has 1 saturated carbocycles. The van der Waals surface area contributed by atoms with Crippen molar-refractivity contribution < 1.29 is 9.18 Å². The van der Waals surface area contributed by atoms with Gasteiger partial charge in [0, 0.05) is 16.1 Å². The van der Waals surface area contributed by atoms with E-state index in [4.69, 9.17) is 0 Å². The van der Waals surface area contributed by atoms with Crippen molar-refractivity contribution in [2.75, 3.05) is 0 Å². The minimum Gasteiger partial charge on any atom is -0.349 e. The molecule has 0 saturated heterocycles. The van der Waals surface area contributed by atoms with Gasteiger partial charge >= 0.3 is 0 Å². The first-order valence-electron chi connectivity index (χ1n) is 7.04. The second kappa shape index (κ2) is 5.17. The fraction of sp³-hybridized carbons (Fsp3) is 0.438. The van der Waals surface area contributed by atoms with Crippen LogP contribution in [0.3, 0.4) is 0 Å². The Morgan fingerprint density at radius 3 is 2.90 bits per heavy atom.